The van der Waals surface area contributed by atoms with Crippen molar-refractivity contribution in [2.24, 2.45) is 0 Å². The lowest BCUT2D eigenvalue weighted by molar-refractivity contribution is -0.0359. The quantitative estimate of drug-likeness (QED) is 0.342. The molecule has 0 spiro atoms. The van der Waals surface area contributed by atoms with Gasteiger partial charge in [-0.3, -0.25) is 0 Å². The number of amides is 1. The smallest absolute Gasteiger partial charge is 0.407 e. The highest BCUT2D eigenvalue weighted by Gasteiger charge is 2.16. The second-order valence-corrected chi connectivity index (χ2v) is 7.79. The van der Waals surface area contributed by atoms with E-state index in [-0.39, 0.29) is 13.2 Å². The molecular formula is C29H31NO4. The lowest BCUT2D eigenvalue weighted by Crippen LogP contribution is -2.34. The summed E-state index contributed by atoms with van der Waals surface area (Å²) in [7, 11) is 0. The van der Waals surface area contributed by atoms with Crippen LogP contribution in [0.2, 0.25) is 0 Å². The molecule has 34 heavy (non-hydrogen) atoms. The molecule has 3 aromatic carbocycles. The summed E-state index contributed by atoms with van der Waals surface area (Å²) in [5.41, 5.74) is 5.15. The van der Waals surface area contributed by atoms with Crippen LogP contribution in [0.15, 0.2) is 92.0 Å². The van der Waals surface area contributed by atoms with Gasteiger partial charge in [0.05, 0.1) is 26.4 Å². The molecule has 3 aromatic rings. The first-order valence-corrected chi connectivity index (χ1v) is 11.2. The predicted molar refractivity (Wildman–Crippen MR) is 136 cm³/mol. The molecule has 0 aliphatic rings. The number of hydrogen-bond acceptors (Lipinski definition) is 4. The number of alkyl carbamates (subject to hydrolysis) is 1. The Morgan fingerprint density at radius 2 is 1.24 bits per heavy atom. The average Bonchev–Trinajstić information content (AvgIpc) is 2.89. The van der Waals surface area contributed by atoms with Crippen molar-refractivity contribution in [3.8, 4) is 0 Å². The van der Waals surface area contributed by atoms with Gasteiger partial charge in [-0.1, -0.05) is 104 Å². The van der Waals surface area contributed by atoms with E-state index in [9.17, 15) is 4.79 Å². The zero-order valence-electron chi connectivity index (χ0n) is 19.3. The Morgan fingerprint density at radius 3 is 1.71 bits per heavy atom. The van der Waals surface area contributed by atoms with Crippen LogP contribution in [0.1, 0.15) is 27.8 Å². The van der Waals surface area contributed by atoms with E-state index in [1.54, 1.807) is 12.2 Å². The molecule has 0 unspecified atom stereocenters. The Kier molecular flexibility index (Phi) is 10.1. The highest BCUT2D eigenvalue weighted by molar-refractivity contribution is 5.67. The van der Waals surface area contributed by atoms with E-state index in [1.165, 1.54) is 0 Å². The topological polar surface area (TPSA) is 56.8 Å². The van der Waals surface area contributed by atoms with Gasteiger partial charge in [0.25, 0.3) is 0 Å². The van der Waals surface area contributed by atoms with E-state index in [0.29, 0.717) is 19.8 Å². The zero-order chi connectivity index (χ0) is 24.0. The van der Waals surface area contributed by atoms with Crippen LogP contribution in [0, 0.1) is 0 Å². The summed E-state index contributed by atoms with van der Waals surface area (Å²) in [5.74, 6) is 0. The van der Waals surface area contributed by atoms with Gasteiger partial charge in [-0.25, -0.2) is 4.79 Å². The third-order valence-corrected chi connectivity index (χ3v) is 5.13. The molecule has 0 aliphatic carbocycles. The van der Waals surface area contributed by atoms with Crippen LogP contribution in [0.3, 0.4) is 0 Å². The molecule has 1 amide bonds. The Morgan fingerprint density at radius 1 is 0.735 bits per heavy atom. The van der Waals surface area contributed by atoms with E-state index in [4.69, 9.17) is 14.2 Å². The van der Waals surface area contributed by atoms with Gasteiger partial charge in [0, 0.05) is 6.54 Å². The van der Waals surface area contributed by atoms with E-state index in [1.807, 2.05) is 78.9 Å². The number of carbonyl (C=O) groups is 1. The minimum atomic E-state index is -0.546. The first-order valence-electron chi connectivity index (χ1n) is 11.2. The second-order valence-electron chi connectivity index (χ2n) is 7.79. The third kappa shape index (κ3) is 8.70. The number of hydrogen-bond donors (Lipinski definition) is 1. The molecule has 5 heteroatoms. The van der Waals surface area contributed by atoms with Gasteiger partial charge >= 0.3 is 6.09 Å². The predicted octanol–water partition coefficient (Wildman–Crippen LogP) is 6.00. The van der Waals surface area contributed by atoms with Gasteiger partial charge in [0.2, 0.25) is 0 Å². The molecule has 1 N–H and O–H groups in total. The normalized spacial score (nSPS) is 10.6. The molecule has 0 fully saturated rings. The Labute approximate surface area is 201 Å². The first kappa shape index (κ1) is 25.0. The van der Waals surface area contributed by atoms with Crippen LogP contribution in [-0.2, 0) is 34.0 Å². The summed E-state index contributed by atoms with van der Waals surface area (Å²) in [6, 6.07) is 25.6. The maximum absolute atomic E-state index is 12.4. The Balaban J connectivity index is 1.50. The fourth-order valence-corrected chi connectivity index (χ4v) is 3.20. The SMILES string of the molecule is C=Cc1ccc(COCC(COCc2ccc(C=C)cc2)OC(=O)NCc2ccccc2)cc1. The second kappa shape index (κ2) is 13.8. The fraction of sp³-hybridized carbons (Fsp3) is 0.207. The first-order chi connectivity index (χ1) is 16.7. The summed E-state index contributed by atoms with van der Waals surface area (Å²) in [4.78, 5) is 12.4. The number of carbonyl (C=O) groups excluding carboxylic acids is 1. The third-order valence-electron chi connectivity index (χ3n) is 5.13. The van der Waals surface area contributed by atoms with Gasteiger partial charge in [-0.15, -0.1) is 0 Å². The summed E-state index contributed by atoms with van der Waals surface area (Å²) in [6.07, 6.45) is 2.54. The minimum absolute atomic E-state index is 0.220. The highest BCUT2D eigenvalue weighted by Crippen LogP contribution is 2.10. The van der Waals surface area contributed by atoms with Crippen molar-refractivity contribution < 1.29 is 19.0 Å². The molecule has 0 bridgehead atoms. The molecule has 3 rings (SSSR count). The summed E-state index contributed by atoms with van der Waals surface area (Å²) < 4.78 is 17.3. The molecule has 5 nitrogen and oxygen atoms in total. The van der Waals surface area contributed by atoms with Crippen molar-refractivity contribution in [1.82, 2.24) is 5.32 Å². The summed E-state index contributed by atoms with van der Waals surface area (Å²) >= 11 is 0. The van der Waals surface area contributed by atoms with Crippen LogP contribution in [0.25, 0.3) is 12.2 Å². The molecule has 0 saturated heterocycles. The minimum Gasteiger partial charge on any atom is -0.441 e. The molecule has 0 aromatic heterocycles. The zero-order valence-corrected chi connectivity index (χ0v) is 19.3. The van der Waals surface area contributed by atoms with E-state index in [0.717, 1.165) is 27.8 Å². The van der Waals surface area contributed by atoms with Gasteiger partial charge < -0.3 is 19.5 Å². The van der Waals surface area contributed by atoms with Gasteiger partial charge in [0.1, 0.15) is 0 Å². The van der Waals surface area contributed by atoms with Crippen molar-refractivity contribution in [3.05, 3.63) is 120 Å². The number of benzene rings is 3. The van der Waals surface area contributed by atoms with Crippen molar-refractivity contribution in [2.45, 2.75) is 25.9 Å². The Hall–Kier alpha value is -3.67. The highest BCUT2D eigenvalue weighted by atomic mass is 16.6. The number of rotatable bonds is 13. The maximum atomic E-state index is 12.4. The van der Waals surface area contributed by atoms with Crippen molar-refractivity contribution in [1.29, 1.82) is 0 Å². The summed E-state index contributed by atoms with van der Waals surface area (Å²) in [5, 5.41) is 2.78. The maximum Gasteiger partial charge on any atom is 0.407 e. The van der Waals surface area contributed by atoms with Crippen LogP contribution in [-0.4, -0.2) is 25.4 Å². The molecule has 176 valence electrons. The molecule has 0 atom stereocenters. The van der Waals surface area contributed by atoms with Crippen molar-refractivity contribution in [3.63, 3.8) is 0 Å². The lowest BCUT2D eigenvalue weighted by atomic mass is 10.1. The fourth-order valence-electron chi connectivity index (χ4n) is 3.20. The van der Waals surface area contributed by atoms with Gasteiger partial charge in [-0.05, 0) is 27.8 Å². The largest absolute Gasteiger partial charge is 0.441 e. The van der Waals surface area contributed by atoms with Crippen LogP contribution < -0.4 is 5.32 Å². The molecular weight excluding hydrogens is 426 g/mol. The Bertz CT molecular complexity index is 972. The number of nitrogens with one attached hydrogen (secondary N) is 1. The average molecular weight is 458 g/mol. The van der Waals surface area contributed by atoms with Crippen LogP contribution in [0.5, 0.6) is 0 Å². The molecule has 0 saturated carbocycles. The number of ether oxygens (including phenoxy) is 3. The monoisotopic (exact) mass is 457 g/mol. The standard InChI is InChI=1S/C29H31NO4/c1-3-23-10-14-26(15-11-23)19-32-21-28(22-33-20-27-16-12-24(4-2)13-17-27)34-29(31)30-18-25-8-6-5-7-9-25/h3-17,28H,1-2,18-22H2,(H,30,31). The van der Waals surface area contributed by atoms with Gasteiger partial charge in [0.15, 0.2) is 6.10 Å². The molecule has 0 heterocycles. The van der Waals surface area contributed by atoms with Gasteiger partial charge in [-0.2, -0.15) is 0 Å². The molecule has 0 radical (unpaired) electrons. The van der Waals surface area contributed by atoms with Crippen molar-refractivity contribution in [2.75, 3.05) is 13.2 Å². The van der Waals surface area contributed by atoms with E-state index >= 15 is 0 Å². The molecule has 0 aliphatic heterocycles. The van der Waals surface area contributed by atoms with Crippen LogP contribution in [0.4, 0.5) is 4.79 Å². The van der Waals surface area contributed by atoms with E-state index < -0.39 is 12.2 Å². The van der Waals surface area contributed by atoms with E-state index in [2.05, 4.69) is 18.5 Å². The summed E-state index contributed by atoms with van der Waals surface area (Å²) in [6.45, 7) is 9.17. The van der Waals surface area contributed by atoms with Crippen molar-refractivity contribution >= 4 is 18.2 Å². The van der Waals surface area contributed by atoms with Crippen LogP contribution >= 0.6 is 0 Å². The lowest BCUT2D eigenvalue weighted by Gasteiger charge is -2.19.